The molecule has 0 saturated carbocycles. The van der Waals surface area contributed by atoms with Crippen LogP contribution in [0.4, 0.5) is 0 Å². The van der Waals surface area contributed by atoms with Crippen LogP contribution in [0.25, 0.3) is 0 Å². The third kappa shape index (κ3) is 7.84. The van der Waals surface area contributed by atoms with E-state index in [2.05, 4.69) is 28.6 Å². The Hall–Kier alpha value is -1.81. The number of carboxylic acids is 1. The zero-order valence-electron chi connectivity index (χ0n) is 13.3. The number of amides is 3. The number of hydrogen-bond acceptors (Lipinski definition) is 6. The minimum Gasteiger partial charge on any atom is -0.480 e. The van der Waals surface area contributed by atoms with E-state index in [9.17, 15) is 19.2 Å². The molecule has 0 fully saturated rings. The third-order valence-electron chi connectivity index (χ3n) is 2.96. The third-order valence-corrected chi connectivity index (χ3v) is 3.35. The number of nitrogens with two attached hydrogens (primary N) is 1. The van der Waals surface area contributed by atoms with E-state index in [0.717, 1.165) is 0 Å². The van der Waals surface area contributed by atoms with Crippen molar-refractivity contribution in [2.45, 2.75) is 38.9 Å². The molecule has 23 heavy (non-hydrogen) atoms. The molecule has 0 bridgehead atoms. The summed E-state index contributed by atoms with van der Waals surface area (Å²) in [5.74, 6) is -3.07. The molecule has 10 heteroatoms. The predicted molar refractivity (Wildman–Crippen MR) is 86.8 cm³/mol. The largest absolute Gasteiger partial charge is 0.480 e. The summed E-state index contributed by atoms with van der Waals surface area (Å²) in [5, 5.41) is 16.0. The maximum Gasteiger partial charge on any atom is 0.326 e. The summed E-state index contributed by atoms with van der Waals surface area (Å²) in [6.45, 7) is 4.38. The lowest BCUT2D eigenvalue weighted by Gasteiger charge is -2.21. The van der Waals surface area contributed by atoms with Crippen molar-refractivity contribution in [2.75, 3.05) is 12.3 Å². The molecule has 0 aromatic heterocycles. The topological polar surface area (TPSA) is 151 Å². The van der Waals surface area contributed by atoms with Crippen LogP contribution in [0.3, 0.4) is 0 Å². The highest BCUT2D eigenvalue weighted by atomic mass is 32.1. The molecule has 0 aliphatic rings. The summed E-state index contributed by atoms with van der Waals surface area (Å²) < 4.78 is 0. The molecule has 0 aliphatic carbocycles. The number of carbonyl (C=O) groups is 4. The quantitative estimate of drug-likeness (QED) is 0.268. The molecule has 0 spiro atoms. The Morgan fingerprint density at radius 3 is 2.09 bits per heavy atom. The number of nitrogens with one attached hydrogen (secondary N) is 3. The van der Waals surface area contributed by atoms with Gasteiger partial charge < -0.3 is 26.8 Å². The van der Waals surface area contributed by atoms with E-state index >= 15 is 0 Å². The average Bonchev–Trinajstić information content (AvgIpc) is 2.48. The second kappa shape index (κ2) is 10.1. The summed E-state index contributed by atoms with van der Waals surface area (Å²) in [6.07, 6.45) is 0. The molecule has 0 saturated heterocycles. The molecule has 9 nitrogen and oxygen atoms in total. The van der Waals surface area contributed by atoms with Crippen molar-refractivity contribution in [3.63, 3.8) is 0 Å². The highest BCUT2D eigenvalue weighted by molar-refractivity contribution is 7.80. The fourth-order valence-corrected chi connectivity index (χ4v) is 1.70. The number of thiol groups is 1. The Morgan fingerprint density at radius 2 is 1.65 bits per heavy atom. The maximum absolute atomic E-state index is 11.9. The second-order valence-corrected chi connectivity index (χ2v) is 5.73. The first-order chi connectivity index (χ1) is 10.6. The van der Waals surface area contributed by atoms with Crippen LogP contribution < -0.4 is 21.7 Å². The number of carbonyl (C=O) groups excluding carboxylic acids is 3. The standard InChI is InChI=1S/C13H24N4O5S/c1-6(2)10(13(21)22)17-11(19)7(3)16-9(18)4-15-12(20)8(14)5-23/h6-8,10,23H,4-5,14H2,1-3H3,(H,15,20)(H,16,18)(H,17,19)(H,21,22). The molecule has 0 aliphatic heterocycles. The van der Waals surface area contributed by atoms with Gasteiger partial charge in [-0.2, -0.15) is 12.6 Å². The van der Waals surface area contributed by atoms with Crippen molar-refractivity contribution < 1.29 is 24.3 Å². The monoisotopic (exact) mass is 348 g/mol. The van der Waals surface area contributed by atoms with Gasteiger partial charge in [-0.3, -0.25) is 14.4 Å². The Bertz CT molecular complexity index is 458. The maximum atomic E-state index is 11.9. The van der Waals surface area contributed by atoms with Gasteiger partial charge in [0.05, 0.1) is 12.6 Å². The number of aliphatic carboxylic acids is 1. The lowest BCUT2D eigenvalue weighted by atomic mass is 10.0. The molecular weight excluding hydrogens is 324 g/mol. The van der Waals surface area contributed by atoms with E-state index in [4.69, 9.17) is 10.8 Å². The Balaban J connectivity index is 4.38. The van der Waals surface area contributed by atoms with Crippen molar-refractivity contribution in [1.29, 1.82) is 0 Å². The molecule has 0 aromatic carbocycles. The van der Waals surface area contributed by atoms with Crippen LogP contribution in [0.2, 0.25) is 0 Å². The van der Waals surface area contributed by atoms with Crippen molar-refractivity contribution in [3.8, 4) is 0 Å². The van der Waals surface area contributed by atoms with Gasteiger partial charge in [0.2, 0.25) is 17.7 Å². The molecule has 132 valence electrons. The lowest BCUT2D eigenvalue weighted by Crippen LogP contribution is -2.53. The van der Waals surface area contributed by atoms with Crippen molar-refractivity contribution in [1.82, 2.24) is 16.0 Å². The normalized spacial score (nSPS) is 14.5. The van der Waals surface area contributed by atoms with E-state index in [1.165, 1.54) is 6.92 Å². The summed E-state index contributed by atoms with van der Waals surface area (Å²) in [6, 6.07) is -2.82. The predicted octanol–water partition coefficient (Wildman–Crippen LogP) is -1.91. The highest BCUT2D eigenvalue weighted by Gasteiger charge is 2.26. The molecule has 3 atom stereocenters. The highest BCUT2D eigenvalue weighted by Crippen LogP contribution is 2.02. The Kier molecular flexibility index (Phi) is 9.27. The smallest absolute Gasteiger partial charge is 0.326 e. The first-order valence-corrected chi connectivity index (χ1v) is 7.70. The van der Waals surface area contributed by atoms with Gasteiger partial charge in [-0.1, -0.05) is 13.8 Å². The van der Waals surface area contributed by atoms with Gasteiger partial charge >= 0.3 is 5.97 Å². The Labute approximate surface area is 140 Å². The van der Waals surface area contributed by atoms with Gasteiger partial charge in [-0.05, 0) is 12.8 Å². The fraction of sp³-hybridized carbons (Fsp3) is 0.692. The van der Waals surface area contributed by atoms with Crippen LogP contribution in [0.1, 0.15) is 20.8 Å². The summed E-state index contributed by atoms with van der Waals surface area (Å²) in [4.78, 5) is 45.9. The van der Waals surface area contributed by atoms with Crippen LogP contribution in [0, 0.1) is 5.92 Å². The van der Waals surface area contributed by atoms with Crippen LogP contribution >= 0.6 is 12.6 Å². The van der Waals surface area contributed by atoms with Gasteiger partial charge in [-0.25, -0.2) is 4.79 Å². The van der Waals surface area contributed by atoms with Gasteiger partial charge in [0.25, 0.3) is 0 Å². The van der Waals surface area contributed by atoms with Crippen LogP contribution in [-0.4, -0.2) is 59.2 Å². The minimum absolute atomic E-state index is 0.137. The summed E-state index contributed by atoms with van der Waals surface area (Å²) >= 11 is 3.86. The molecule has 0 aromatic rings. The molecule has 0 rings (SSSR count). The SMILES string of the molecule is CC(NC(=O)CNC(=O)C(N)CS)C(=O)NC(C(=O)O)C(C)C. The van der Waals surface area contributed by atoms with E-state index in [0.29, 0.717) is 0 Å². The average molecular weight is 348 g/mol. The molecular formula is C13H24N4O5S. The van der Waals surface area contributed by atoms with Crippen molar-refractivity contribution in [3.05, 3.63) is 0 Å². The zero-order chi connectivity index (χ0) is 18.2. The molecule has 0 radical (unpaired) electrons. The van der Waals surface area contributed by atoms with E-state index in [1.54, 1.807) is 13.8 Å². The number of rotatable bonds is 9. The van der Waals surface area contributed by atoms with Crippen molar-refractivity contribution >= 4 is 36.3 Å². The van der Waals surface area contributed by atoms with Crippen LogP contribution in [-0.2, 0) is 19.2 Å². The van der Waals surface area contributed by atoms with Gasteiger partial charge in [0, 0.05) is 5.75 Å². The van der Waals surface area contributed by atoms with Crippen molar-refractivity contribution in [2.24, 2.45) is 11.7 Å². The van der Waals surface area contributed by atoms with E-state index < -0.39 is 41.8 Å². The molecule has 3 amide bonds. The van der Waals surface area contributed by atoms with Gasteiger partial charge in [-0.15, -0.1) is 0 Å². The Morgan fingerprint density at radius 1 is 1.09 bits per heavy atom. The molecule has 3 unspecified atom stereocenters. The molecule has 0 heterocycles. The van der Waals surface area contributed by atoms with Gasteiger partial charge in [0.15, 0.2) is 0 Å². The first-order valence-electron chi connectivity index (χ1n) is 7.06. The summed E-state index contributed by atoms with van der Waals surface area (Å²) in [7, 11) is 0. The summed E-state index contributed by atoms with van der Waals surface area (Å²) in [5.41, 5.74) is 5.42. The van der Waals surface area contributed by atoms with E-state index in [-0.39, 0.29) is 18.2 Å². The number of carboxylic acid groups (broad SMARTS) is 1. The zero-order valence-corrected chi connectivity index (χ0v) is 14.2. The lowest BCUT2D eigenvalue weighted by molar-refractivity contribution is -0.143. The first kappa shape index (κ1) is 21.2. The fourth-order valence-electron chi connectivity index (χ4n) is 1.53. The van der Waals surface area contributed by atoms with Crippen LogP contribution in [0.15, 0.2) is 0 Å². The van der Waals surface area contributed by atoms with Crippen LogP contribution in [0.5, 0.6) is 0 Å². The minimum atomic E-state index is -1.15. The van der Waals surface area contributed by atoms with E-state index in [1.807, 2.05) is 0 Å². The number of hydrogen-bond donors (Lipinski definition) is 6. The second-order valence-electron chi connectivity index (χ2n) is 5.36. The van der Waals surface area contributed by atoms with Gasteiger partial charge in [0.1, 0.15) is 12.1 Å². The molecule has 6 N–H and O–H groups in total.